The van der Waals surface area contributed by atoms with Crippen LogP contribution in [-0.4, -0.2) is 14.5 Å². The molecule has 0 atom stereocenters. The van der Waals surface area contributed by atoms with Crippen LogP contribution in [0.1, 0.15) is 5.56 Å². The Hall–Kier alpha value is -1.30. The fourth-order valence-electron chi connectivity index (χ4n) is 2.00. The van der Waals surface area contributed by atoms with Gasteiger partial charge >= 0.3 is 0 Å². The Morgan fingerprint density at radius 1 is 1.20 bits per heavy atom. The topological polar surface area (TPSA) is 56.7 Å². The van der Waals surface area contributed by atoms with E-state index in [0.29, 0.717) is 32.8 Å². The zero-order valence-electron chi connectivity index (χ0n) is 10.4. The van der Waals surface area contributed by atoms with Crippen LogP contribution in [0.2, 0.25) is 10.0 Å². The number of rotatable bonds is 1. The van der Waals surface area contributed by atoms with Gasteiger partial charge in [0.25, 0.3) is 0 Å². The van der Waals surface area contributed by atoms with E-state index in [-0.39, 0.29) is 0 Å². The lowest BCUT2D eigenvalue weighted by Gasteiger charge is -2.10. The molecule has 0 amide bonds. The number of fused-ring (bicyclic) bond motifs is 1. The summed E-state index contributed by atoms with van der Waals surface area (Å²) in [4.78, 5) is 8.63. The van der Waals surface area contributed by atoms with Crippen molar-refractivity contribution in [1.82, 2.24) is 14.5 Å². The Bertz CT molecular complexity index is 829. The van der Waals surface area contributed by atoms with E-state index in [1.807, 2.05) is 13.0 Å². The van der Waals surface area contributed by atoms with Gasteiger partial charge in [0, 0.05) is 15.7 Å². The van der Waals surface area contributed by atoms with E-state index in [4.69, 9.17) is 28.9 Å². The summed E-state index contributed by atoms with van der Waals surface area (Å²) < 4.78 is 2.53. The van der Waals surface area contributed by atoms with E-state index >= 15 is 0 Å². The Kier molecular flexibility index (Phi) is 3.36. The Balaban J connectivity index is 2.35. The average molecular weight is 372 g/mol. The van der Waals surface area contributed by atoms with Crippen LogP contribution in [0.4, 0.5) is 5.95 Å². The minimum atomic E-state index is 0.312. The second-order valence-electron chi connectivity index (χ2n) is 4.35. The average Bonchev–Trinajstić information content (AvgIpc) is 2.69. The van der Waals surface area contributed by atoms with Gasteiger partial charge in [-0.05, 0) is 46.6 Å². The van der Waals surface area contributed by atoms with Gasteiger partial charge in [-0.3, -0.25) is 4.57 Å². The quantitative estimate of drug-likeness (QED) is 0.690. The number of nitrogens with zero attached hydrogens (tertiary/aromatic N) is 3. The van der Waals surface area contributed by atoms with Crippen LogP contribution in [0.5, 0.6) is 0 Å². The van der Waals surface area contributed by atoms with E-state index in [1.54, 1.807) is 22.9 Å². The Labute approximate surface area is 133 Å². The number of hydrogen-bond acceptors (Lipinski definition) is 3. The van der Waals surface area contributed by atoms with Gasteiger partial charge in [0.05, 0.1) is 10.7 Å². The molecule has 0 aliphatic rings. The molecule has 2 aromatic heterocycles. The number of benzene rings is 1. The van der Waals surface area contributed by atoms with Crippen molar-refractivity contribution >= 4 is 56.2 Å². The zero-order valence-corrected chi connectivity index (χ0v) is 13.5. The molecule has 3 rings (SSSR count). The van der Waals surface area contributed by atoms with Crippen molar-refractivity contribution in [2.75, 3.05) is 5.73 Å². The molecular formula is C13H9BrCl2N4. The highest BCUT2D eigenvalue weighted by Gasteiger charge is 2.15. The van der Waals surface area contributed by atoms with Crippen LogP contribution < -0.4 is 5.73 Å². The van der Waals surface area contributed by atoms with Crippen molar-refractivity contribution in [1.29, 1.82) is 0 Å². The number of aryl methyl sites for hydroxylation is 1. The maximum atomic E-state index is 6.30. The molecule has 4 nitrogen and oxygen atoms in total. The maximum Gasteiger partial charge on any atom is 0.207 e. The summed E-state index contributed by atoms with van der Waals surface area (Å²) >= 11 is 15.8. The van der Waals surface area contributed by atoms with E-state index in [2.05, 4.69) is 25.9 Å². The lowest BCUT2D eigenvalue weighted by molar-refractivity contribution is 1.08. The molecule has 0 saturated carbocycles. The molecule has 0 spiro atoms. The van der Waals surface area contributed by atoms with Gasteiger partial charge in [-0.25, -0.2) is 9.97 Å². The SMILES string of the molecule is Cc1cc(Cl)c(-n2c(N)nc3cc(Br)cnc32)cc1Cl. The third-order valence-corrected chi connectivity index (χ3v) is 4.10. The van der Waals surface area contributed by atoms with Gasteiger partial charge in [-0.1, -0.05) is 23.2 Å². The second-order valence-corrected chi connectivity index (χ2v) is 6.08. The van der Waals surface area contributed by atoms with Crippen molar-refractivity contribution < 1.29 is 0 Å². The number of nitrogen functional groups attached to an aromatic ring is 1. The predicted molar refractivity (Wildman–Crippen MR) is 85.7 cm³/mol. The van der Waals surface area contributed by atoms with Gasteiger partial charge < -0.3 is 5.73 Å². The lowest BCUT2D eigenvalue weighted by atomic mass is 10.2. The van der Waals surface area contributed by atoms with Crippen LogP contribution in [-0.2, 0) is 0 Å². The molecule has 0 fully saturated rings. The maximum absolute atomic E-state index is 6.30. The molecule has 102 valence electrons. The number of aromatic nitrogens is 3. The third kappa shape index (κ3) is 2.16. The summed E-state index contributed by atoms with van der Waals surface area (Å²) in [5, 5.41) is 1.16. The first-order valence-corrected chi connectivity index (χ1v) is 7.28. The highest BCUT2D eigenvalue weighted by molar-refractivity contribution is 9.10. The molecule has 0 saturated heterocycles. The standard InChI is InChI=1S/C13H9BrCl2N4/c1-6-2-9(16)11(4-8(6)15)20-12-10(19-13(20)17)3-7(14)5-18-12/h2-5H,1H3,(H2,17,19). The minimum Gasteiger partial charge on any atom is -0.369 e. The van der Waals surface area contributed by atoms with Crippen LogP contribution in [0.15, 0.2) is 28.9 Å². The summed E-state index contributed by atoms with van der Waals surface area (Å²) in [7, 11) is 0. The number of hydrogen-bond donors (Lipinski definition) is 1. The molecule has 2 N–H and O–H groups in total. The first-order valence-electron chi connectivity index (χ1n) is 5.73. The molecule has 0 bridgehead atoms. The predicted octanol–water partition coefficient (Wildman–Crippen LogP) is 4.38. The highest BCUT2D eigenvalue weighted by atomic mass is 79.9. The highest BCUT2D eigenvalue weighted by Crippen LogP contribution is 2.31. The van der Waals surface area contributed by atoms with Crippen molar-refractivity contribution in [2.45, 2.75) is 6.92 Å². The number of halogens is 3. The molecule has 2 heterocycles. The molecule has 0 radical (unpaired) electrons. The summed E-state index contributed by atoms with van der Waals surface area (Å²) in [6.07, 6.45) is 1.68. The lowest BCUT2D eigenvalue weighted by Crippen LogP contribution is -2.02. The van der Waals surface area contributed by atoms with Crippen LogP contribution in [0, 0.1) is 6.92 Å². The normalized spacial score (nSPS) is 11.2. The van der Waals surface area contributed by atoms with Crippen molar-refractivity contribution in [3.8, 4) is 5.69 Å². The van der Waals surface area contributed by atoms with Gasteiger partial charge in [0.2, 0.25) is 5.95 Å². The van der Waals surface area contributed by atoms with E-state index in [9.17, 15) is 0 Å². The molecule has 1 aromatic carbocycles. The van der Waals surface area contributed by atoms with Crippen LogP contribution >= 0.6 is 39.1 Å². The molecule has 7 heteroatoms. The van der Waals surface area contributed by atoms with Crippen LogP contribution in [0.25, 0.3) is 16.9 Å². The molecular weight excluding hydrogens is 363 g/mol. The number of anilines is 1. The number of pyridine rings is 1. The van der Waals surface area contributed by atoms with E-state index in [1.165, 1.54) is 0 Å². The Morgan fingerprint density at radius 3 is 2.70 bits per heavy atom. The first-order chi connectivity index (χ1) is 9.47. The molecule has 0 aliphatic carbocycles. The second kappa shape index (κ2) is 4.91. The monoisotopic (exact) mass is 370 g/mol. The van der Waals surface area contributed by atoms with Crippen molar-refractivity contribution in [3.63, 3.8) is 0 Å². The fraction of sp³-hybridized carbons (Fsp3) is 0.0769. The zero-order chi connectivity index (χ0) is 14.4. The van der Waals surface area contributed by atoms with E-state index < -0.39 is 0 Å². The molecule has 3 aromatic rings. The number of imidazole rings is 1. The van der Waals surface area contributed by atoms with Crippen molar-refractivity contribution in [3.05, 3.63) is 44.5 Å². The first kappa shape index (κ1) is 13.7. The molecule has 0 aliphatic heterocycles. The van der Waals surface area contributed by atoms with Gasteiger partial charge in [-0.15, -0.1) is 0 Å². The smallest absolute Gasteiger partial charge is 0.207 e. The van der Waals surface area contributed by atoms with Gasteiger partial charge in [0.15, 0.2) is 5.65 Å². The summed E-state index contributed by atoms with van der Waals surface area (Å²) in [6, 6.07) is 5.41. The summed E-state index contributed by atoms with van der Waals surface area (Å²) in [6.45, 7) is 1.89. The molecule has 20 heavy (non-hydrogen) atoms. The van der Waals surface area contributed by atoms with Gasteiger partial charge in [-0.2, -0.15) is 0 Å². The summed E-state index contributed by atoms with van der Waals surface area (Å²) in [5.74, 6) is 0.312. The molecule has 0 unspecified atom stereocenters. The van der Waals surface area contributed by atoms with Crippen LogP contribution in [0.3, 0.4) is 0 Å². The third-order valence-electron chi connectivity index (χ3n) is 2.96. The largest absolute Gasteiger partial charge is 0.369 e. The van der Waals surface area contributed by atoms with Gasteiger partial charge in [0.1, 0.15) is 5.52 Å². The number of nitrogens with two attached hydrogens (primary N) is 1. The van der Waals surface area contributed by atoms with E-state index in [0.717, 1.165) is 10.0 Å². The fourth-order valence-corrected chi connectivity index (χ4v) is 2.78. The minimum absolute atomic E-state index is 0.312. The summed E-state index contributed by atoms with van der Waals surface area (Å²) in [5.41, 5.74) is 8.87. The Morgan fingerprint density at radius 2 is 1.95 bits per heavy atom. The van der Waals surface area contributed by atoms with Crippen molar-refractivity contribution in [2.24, 2.45) is 0 Å².